The summed E-state index contributed by atoms with van der Waals surface area (Å²) in [6, 6.07) is 13.2. The van der Waals surface area contributed by atoms with E-state index in [9.17, 15) is 9.90 Å². The number of carbonyl (C=O) groups excluding carboxylic acids is 1. The molecule has 1 unspecified atom stereocenters. The van der Waals surface area contributed by atoms with Gasteiger partial charge in [-0.1, -0.05) is 24.6 Å². The van der Waals surface area contributed by atoms with Crippen molar-refractivity contribution in [3.63, 3.8) is 0 Å². The Labute approximate surface area is 199 Å². The zero-order chi connectivity index (χ0) is 23.5. The molecule has 4 N–H and O–H groups in total. The van der Waals surface area contributed by atoms with Crippen LogP contribution in [-0.4, -0.2) is 49.3 Å². The third-order valence-electron chi connectivity index (χ3n) is 4.98. The van der Waals surface area contributed by atoms with Crippen LogP contribution in [0.25, 0.3) is 0 Å². The number of halogens is 1. The van der Waals surface area contributed by atoms with Crippen LogP contribution >= 0.6 is 11.6 Å². The molecule has 0 aromatic heterocycles. The average Bonchev–Trinajstić information content (AvgIpc) is 2.83. The monoisotopic (exact) mass is 474 g/mol. The molecule has 3 rings (SSSR count). The maximum atomic E-state index is 11.3. The number of anilines is 1. The van der Waals surface area contributed by atoms with Gasteiger partial charge >= 0.3 is 0 Å². The molecule has 178 valence electrons. The van der Waals surface area contributed by atoms with Crippen LogP contribution in [-0.2, 0) is 4.79 Å². The molecule has 0 fully saturated rings. The number of aliphatic hydroxyl groups excluding tert-OH is 1. The summed E-state index contributed by atoms with van der Waals surface area (Å²) in [5.41, 5.74) is 5.12. The highest BCUT2D eigenvalue weighted by atomic mass is 35.5. The fourth-order valence-electron chi connectivity index (χ4n) is 3.25. The minimum atomic E-state index is -0.596. The van der Waals surface area contributed by atoms with Gasteiger partial charge < -0.3 is 19.9 Å². The second-order valence-electron chi connectivity index (χ2n) is 7.64. The van der Waals surface area contributed by atoms with Crippen LogP contribution in [0.4, 0.5) is 5.69 Å². The molecule has 0 saturated heterocycles. The lowest BCUT2D eigenvalue weighted by molar-refractivity contribution is -0.121. The standard InChI is InChI=1S/C24H31ClN4O4/c1-2-11-26-18-5-3-6-19(15-18)32-13-4-12-27-24(16-30)33-22-9-7-17(14-20(22)25)21-8-10-23(31)29-28-21/h3,5-7,9,14-15,24,26-27,30H,2,4,8,10-13,16H2,1H3,(H,29,31). The van der Waals surface area contributed by atoms with Gasteiger partial charge in [-0.05, 0) is 48.7 Å². The van der Waals surface area contributed by atoms with Crippen molar-refractivity contribution in [2.75, 3.05) is 31.6 Å². The first-order valence-corrected chi connectivity index (χ1v) is 11.6. The van der Waals surface area contributed by atoms with Gasteiger partial charge in [0, 0.05) is 37.7 Å². The molecule has 9 heteroatoms. The molecule has 1 atom stereocenters. The van der Waals surface area contributed by atoms with Crippen LogP contribution in [0.1, 0.15) is 38.2 Å². The molecular weight excluding hydrogens is 444 g/mol. The Bertz CT molecular complexity index is 954. The Morgan fingerprint density at radius 1 is 1.21 bits per heavy atom. The van der Waals surface area contributed by atoms with Crippen LogP contribution in [0.3, 0.4) is 0 Å². The van der Waals surface area contributed by atoms with Gasteiger partial charge in [0.05, 0.1) is 23.9 Å². The van der Waals surface area contributed by atoms with E-state index < -0.39 is 6.23 Å². The number of ether oxygens (including phenoxy) is 2. The van der Waals surface area contributed by atoms with E-state index in [2.05, 4.69) is 28.1 Å². The van der Waals surface area contributed by atoms with Gasteiger partial charge in [0.15, 0.2) is 6.23 Å². The van der Waals surface area contributed by atoms with Crippen LogP contribution in [0, 0.1) is 0 Å². The Balaban J connectivity index is 1.43. The fraction of sp³-hybridized carbons (Fsp3) is 0.417. The van der Waals surface area contributed by atoms with E-state index in [4.69, 9.17) is 21.1 Å². The van der Waals surface area contributed by atoms with Gasteiger partial charge in [-0.25, -0.2) is 5.43 Å². The van der Waals surface area contributed by atoms with E-state index in [1.54, 1.807) is 12.1 Å². The highest BCUT2D eigenvalue weighted by Gasteiger charge is 2.16. The molecule has 0 radical (unpaired) electrons. The van der Waals surface area contributed by atoms with Crippen LogP contribution in [0.15, 0.2) is 47.6 Å². The minimum Gasteiger partial charge on any atom is -0.493 e. The molecule has 0 bridgehead atoms. The Morgan fingerprint density at radius 2 is 2.09 bits per heavy atom. The van der Waals surface area contributed by atoms with E-state index in [1.165, 1.54) is 0 Å². The summed E-state index contributed by atoms with van der Waals surface area (Å²) in [5.74, 6) is 1.18. The van der Waals surface area contributed by atoms with E-state index >= 15 is 0 Å². The molecule has 8 nitrogen and oxygen atoms in total. The van der Waals surface area contributed by atoms with Crippen LogP contribution in [0.5, 0.6) is 11.5 Å². The lowest BCUT2D eigenvalue weighted by Gasteiger charge is -2.20. The molecular formula is C24H31ClN4O4. The van der Waals surface area contributed by atoms with Gasteiger partial charge in [-0.3, -0.25) is 10.1 Å². The number of benzene rings is 2. The normalized spacial score (nSPS) is 14.3. The zero-order valence-corrected chi connectivity index (χ0v) is 19.5. The third kappa shape index (κ3) is 7.92. The van der Waals surface area contributed by atoms with Crippen molar-refractivity contribution in [3.8, 4) is 11.5 Å². The molecule has 1 amide bonds. The number of hydrogen-bond donors (Lipinski definition) is 4. The number of hydrazone groups is 1. The predicted molar refractivity (Wildman–Crippen MR) is 130 cm³/mol. The van der Waals surface area contributed by atoms with Gasteiger partial charge in [0.25, 0.3) is 0 Å². The number of hydrogen-bond acceptors (Lipinski definition) is 7. The van der Waals surface area contributed by atoms with Crippen LogP contribution < -0.4 is 25.5 Å². The number of carbonyl (C=O) groups is 1. The fourth-order valence-corrected chi connectivity index (χ4v) is 3.47. The Hall–Kier alpha value is -2.81. The van der Waals surface area contributed by atoms with E-state index in [-0.39, 0.29) is 12.5 Å². The number of rotatable bonds is 13. The summed E-state index contributed by atoms with van der Waals surface area (Å²) >= 11 is 6.37. The zero-order valence-electron chi connectivity index (χ0n) is 18.8. The highest BCUT2D eigenvalue weighted by Crippen LogP contribution is 2.27. The quantitative estimate of drug-likeness (QED) is 0.261. The van der Waals surface area contributed by atoms with Gasteiger partial charge in [0.2, 0.25) is 5.91 Å². The van der Waals surface area contributed by atoms with Crippen molar-refractivity contribution in [2.45, 2.75) is 38.8 Å². The second-order valence-corrected chi connectivity index (χ2v) is 8.05. The molecule has 0 saturated carbocycles. The smallest absolute Gasteiger partial charge is 0.240 e. The summed E-state index contributed by atoms with van der Waals surface area (Å²) in [6.07, 6.45) is 2.17. The topological polar surface area (TPSA) is 104 Å². The largest absolute Gasteiger partial charge is 0.493 e. The summed E-state index contributed by atoms with van der Waals surface area (Å²) in [4.78, 5) is 11.3. The third-order valence-corrected chi connectivity index (χ3v) is 5.27. The molecule has 0 spiro atoms. The van der Waals surface area contributed by atoms with Crippen molar-refractivity contribution < 1.29 is 19.4 Å². The van der Waals surface area contributed by atoms with Crippen LogP contribution in [0.2, 0.25) is 5.02 Å². The number of aliphatic hydroxyl groups is 1. The second kappa shape index (κ2) is 13.0. The molecule has 1 aliphatic heterocycles. The summed E-state index contributed by atoms with van der Waals surface area (Å²) < 4.78 is 11.6. The van der Waals surface area contributed by atoms with Gasteiger partial charge in [-0.2, -0.15) is 5.10 Å². The van der Waals surface area contributed by atoms with E-state index in [1.807, 2.05) is 30.3 Å². The summed E-state index contributed by atoms with van der Waals surface area (Å²) in [5, 5.41) is 20.7. The Morgan fingerprint density at radius 3 is 2.82 bits per heavy atom. The SMILES string of the molecule is CCCNc1cccc(OCCCNC(CO)Oc2ccc(C3=NNC(=O)CC3)cc2Cl)c1. The predicted octanol–water partition coefficient (Wildman–Crippen LogP) is 3.53. The first kappa shape index (κ1) is 24.8. The number of amides is 1. The molecule has 33 heavy (non-hydrogen) atoms. The highest BCUT2D eigenvalue weighted by molar-refractivity contribution is 6.32. The van der Waals surface area contributed by atoms with Gasteiger partial charge in [-0.15, -0.1) is 0 Å². The summed E-state index contributed by atoms with van der Waals surface area (Å²) in [6.45, 7) is 3.99. The van der Waals surface area contributed by atoms with Crippen molar-refractivity contribution in [1.82, 2.24) is 10.7 Å². The molecule has 1 aliphatic rings. The first-order chi connectivity index (χ1) is 16.1. The number of nitrogens with one attached hydrogen (secondary N) is 3. The minimum absolute atomic E-state index is 0.0930. The lowest BCUT2D eigenvalue weighted by atomic mass is 10.0. The van der Waals surface area contributed by atoms with Crippen molar-refractivity contribution in [3.05, 3.63) is 53.1 Å². The lowest BCUT2D eigenvalue weighted by Crippen LogP contribution is -2.38. The maximum Gasteiger partial charge on any atom is 0.240 e. The van der Waals surface area contributed by atoms with E-state index in [0.29, 0.717) is 36.8 Å². The molecule has 0 aliphatic carbocycles. The molecule has 2 aromatic carbocycles. The first-order valence-electron chi connectivity index (χ1n) is 11.2. The van der Waals surface area contributed by atoms with Crippen molar-refractivity contribution in [2.24, 2.45) is 5.10 Å². The van der Waals surface area contributed by atoms with E-state index in [0.717, 1.165) is 42.1 Å². The Kier molecular flexibility index (Phi) is 9.80. The van der Waals surface area contributed by atoms with Gasteiger partial charge in [0.1, 0.15) is 11.5 Å². The molecule has 1 heterocycles. The van der Waals surface area contributed by atoms with Crippen molar-refractivity contribution >= 4 is 28.9 Å². The summed E-state index contributed by atoms with van der Waals surface area (Å²) in [7, 11) is 0. The number of nitrogens with zero attached hydrogens (tertiary/aromatic N) is 1. The maximum absolute atomic E-state index is 11.3. The average molecular weight is 475 g/mol. The van der Waals surface area contributed by atoms with Crippen molar-refractivity contribution in [1.29, 1.82) is 0 Å². The molecule has 2 aromatic rings.